The second kappa shape index (κ2) is 8.86. The second-order valence-corrected chi connectivity index (χ2v) is 9.25. The molecule has 156 valence electrons. The lowest BCUT2D eigenvalue weighted by Crippen LogP contribution is -2.38. The van der Waals surface area contributed by atoms with E-state index in [0.29, 0.717) is 35.8 Å². The van der Waals surface area contributed by atoms with E-state index in [1.807, 2.05) is 37.4 Å². The van der Waals surface area contributed by atoms with Gasteiger partial charge in [0.2, 0.25) is 0 Å². The number of esters is 1. The first-order valence-corrected chi connectivity index (χ1v) is 11.5. The monoisotopic (exact) mass is 441 g/mol. The van der Waals surface area contributed by atoms with E-state index in [0.717, 1.165) is 17.7 Å². The number of carbonyl (C=O) groups excluding carboxylic acids is 2. The average Bonchev–Trinajstić information content (AvgIpc) is 3.26. The van der Waals surface area contributed by atoms with Crippen molar-refractivity contribution in [2.45, 2.75) is 44.9 Å². The van der Waals surface area contributed by atoms with Crippen molar-refractivity contribution in [3.63, 3.8) is 0 Å². The number of ether oxygens (including phenoxy) is 1. The number of ketones is 1. The van der Waals surface area contributed by atoms with Crippen molar-refractivity contribution in [3.8, 4) is 0 Å². The molecule has 2 heterocycles. The summed E-state index contributed by atoms with van der Waals surface area (Å²) in [4.78, 5) is 32.3. The van der Waals surface area contributed by atoms with E-state index in [-0.39, 0.29) is 17.7 Å². The van der Waals surface area contributed by atoms with Crippen LogP contribution in [-0.4, -0.2) is 24.1 Å². The number of hydrogen-bond acceptors (Lipinski definition) is 5. The van der Waals surface area contributed by atoms with E-state index in [2.05, 4.69) is 6.07 Å². The van der Waals surface area contributed by atoms with Gasteiger partial charge in [0.15, 0.2) is 5.78 Å². The van der Waals surface area contributed by atoms with Crippen molar-refractivity contribution in [3.05, 3.63) is 68.5 Å². The van der Waals surface area contributed by atoms with Crippen LogP contribution in [0, 0.1) is 5.92 Å². The predicted octanol–water partition coefficient (Wildman–Crippen LogP) is 5.93. The first kappa shape index (κ1) is 21.0. The quantitative estimate of drug-likeness (QED) is 0.540. The Morgan fingerprint density at radius 1 is 1.23 bits per heavy atom. The largest absolute Gasteiger partial charge is 0.465 e. The molecule has 4 rings (SSSR count). The molecular weight excluding hydrogens is 418 g/mol. The lowest BCUT2D eigenvalue weighted by molar-refractivity contribution is -0.146. The molecule has 6 heteroatoms. The van der Waals surface area contributed by atoms with Crippen LogP contribution in [0.1, 0.15) is 55.4 Å². The second-order valence-electron chi connectivity index (χ2n) is 7.83. The fourth-order valence-corrected chi connectivity index (χ4v) is 5.37. The van der Waals surface area contributed by atoms with Gasteiger partial charge in [0.05, 0.1) is 6.61 Å². The van der Waals surface area contributed by atoms with Crippen molar-refractivity contribution in [2.24, 2.45) is 10.9 Å². The van der Waals surface area contributed by atoms with Crippen LogP contribution in [0.4, 0.5) is 0 Å². The van der Waals surface area contributed by atoms with Crippen molar-refractivity contribution >= 4 is 40.4 Å². The van der Waals surface area contributed by atoms with Gasteiger partial charge in [0.1, 0.15) is 5.92 Å². The molecule has 1 aliphatic heterocycles. The predicted molar refractivity (Wildman–Crippen MR) is 120 cm³/mol. The Hall–Kier alpha value is -2.24. The van der Waals surface area contributed by atoms with Crippen molar-refractivity contribution in [2.75, 3.05) is 6.61 Å². The number of thiophene rings is 1. The molecule has 1 aliphatic carbocycles. The molecule has 2 aliphatic rings. The maximum atomic E-state index is 13.4. The first-order valence-electron chi connectivity index (χ1n) is 10.3. The number of Topliss-reactive ketones (excluding diaryl/α,β-unsaturated/α-hetero) is 1. The van der Waals surface area contributed by atoms with Crippen LogP contribution in [0.5, 0.6) is 0 Å². The van der Waals surface area contributed by atoms with Gasteiger partial charge in [-0.25, -0.2) is 0 Å². The Labute approximate surface area is 185 Å². The minimum atomic E-state index is -0.598. The molecule has 0 saturated carbocycles. The summed E-state index contributed by atoms with van der Waals surface area (Å²) >= 11 is 7.77. The van der Waals surface area contributed by atoms with Gasteiger partial charge in [-0.3, -0.25) is 14.6 Å². The minimum absolute atomic E-state index is 0.0686. The number of rotatable bonds is 5. The van der Waals surface area contributed by atoms with Crippen molar-refractivity contribution in [1.29, 1.82) is 0 Å². The summed E-state index contributed by atoms with van der Waals surface area (Å²) in [6.45, 7) is 4.18. The summed E-state index contributed by atoms with van der Waals surface area (Å²) in [5.74, 6) is -1.10. The van der Waals surface area contributed by atoms with Gasteiger partial charge in [0.25, 0.3) is 0 Å². The zero-order chi connectivity index (χ0) is 21.3. The molecular formula is C24H24ClNO3S. The Morgan fingerprint density at radius 3 is 2.67 bits per heavy atom. The van der Waals surface area contributed by atoms with Gasteiger partial charge in [0, 0.05) is 45.1 Å². The van der Waals surface area contributed by atoms with Crippen molar-refractivity contribution in [1.82, 2.24) is 0 Å². The third-order valence-corrected chi connectivity index (χ3v) is 7.05. The van der Waals surface area contributed by atoms with Gasteiger partial charge in [-0.05, 0) is 48.9 Å². The first-order chi connectivity index (χ1) is 14.5. The molecule has 1 unspecified atom stereocenters. The molecule has 1 aromatic carbocycles. The molecule has 4 nitrogen and oxygen atoms in total. The Kier molecular flexibility index (Phi) is 6.21. The highest BCUT2D eigenvalue weighted by Crippen LogP contribution is 2.47. The summed E-state index contributed by atoms with van der Waals surface area (Å²) in [6, 6.07) is 11.5. The summed E-state index contributed by atoms with van der Waals surface area (Å²) in [5, 5.41) is 2.65. The number of nitrogens with zero attached hydrogens (tertiary/aromatic N) is 1. The minimum Gasteiger partial charge on any atom is -0.465 e. The third kappa shape index (κ3) is 4.01. The fraction of sp³-hybridized carbons (Fsp3) is 0.375. The van der Waals surface area contributed by atoms with Crippen LogP contribution in [-0.2, 0) is 14.3 Å². The Bertz CT molecular complexity index is 1010. The average molecular weight is 442 g/mol. The molecule has 0 radical (unpaired) electrons. The number of carbonyl (C=O) groups is 2. The highest BCUT2D eigenvalue weighted by Gasteiger charge is 2.44. The highest BCUT2D eigenvalue weighted by atomic mass is 35.5. The van der Waals surface area contributed by atoms with Crippen LogP contribution in [0.2, 0.25) is 5.02 Å². The van der Waals surface area contributed by atoms with E-state index < -0.39 is 11.8 Å². The fourth-order valence-electron chi connectivity index (χ4n) is 4.41. The molecule has 0 spiro atoms. The Balaban J connectivity index is 1.78. The number of aliphatic imine (C=N–C) groups is 1. The molecule has 3 atom stereocenters. The summed E-state index contributed by atoms with van der Waals surface area (Å²) in [5.41, 5.74) is 3.06. The molecule has 0 amide bonds. The smallest absolute Gasteiger partial charge is 0.315 e. The number of allylic oxidation sites excluding steroid dienone is 2. The zero-order valence-electron chi connectivity index (χ0n) is 17.1. The van der Waals surface area contributed by atoms with Gasteiger partial charge in [-0.1, -0.05) is 36.7 Å². The molecule has 2 aromatic rings. The molecule has 0 saturated heterocycles. The molecule has 0 bridgehead atoms. The molecule has 1 aromatic heterocycles. The summed E-state index contributed by atoms with van der Waals surface area (Å²) < 4.78 is 5.49. The maximum Gasteiger partial charge on any atom is 0.315 e. The van der Waals surface area contributed by atoms with Crippen molar-refractivity contribution < 1.29 is 14.3 Å². The van der Waals surface area contributed by atoms with Gasteiger partial charge >= 0.3 is 5.97 Å². The summed E-state index contributed by atoms with van der Waals surface area (Å²) in [7, 11) is 0. The molecule has 0 fully saturated rings. The van der Waals surface area contributed by atoms with E-state index in [4.69, 9.17) is 21.3 Å². The van der Waals surface area contributed by atoms with Crippen LogP contribution in [0.3, 0.4) is 0 Å². The summed E-state index contributed by atoms with van der Waals surface area (Å²) in [6.07, 6.45) is 1.89. The SMILES string of the molecule is CCCOC(=O)C1C(C)=NC2=C(C(=O)C[C@H](c3cccs3)C2)[C@@H]1c1ccc(Cl)cc1. The standard InChI is InChI=1S/C24H24ClNO3S/c1-3-10-29-24(28)21-14(2)26-18-12-16(20-5-4-11-30-20)13-19(27)23(18)22(21)15-6-8-17(25)9-7-15/h4-9,11,16,21-22H,3,10,12-13H2,1-2H3/t16-,21?,22-/m1/s1. The number of halogens is 1. The van der Waals surface area contributed by atoms with Crippen LogP contribution in [0.15, 0.2) is 58.0 Å². The van der Waals surface area contributed by atoms with Gasteiger partial charge < -0.3 is 4.74 Å². The van der Waals surface area contributed by atoms with Crippen LogP contribution in [0.25, 0.3) is 0 Å². The van der Waals surface area contributed by atoms with Gasteiger partial charge in [-0.15, -0.1) is 11.3 Å². The van der Waals surface area contributed by atoms with E-state index >= 15 is 0 Å². The maximum absolute atomic E-state index is 13.4. The van der Waals surface area contributed by atoms with Crippen LogP contribution >= 0.6 is 22.9 Å². The zero-order valence-corrected chi connectivity index (χ0v) is 18.6. The van der Waals surface area contributed by atoms with Crippen LogP contribution < -0.4 is 0 Å². The van der Waals surface area contributed by atoms with Gasteiger partial charge in [-0.2, -0.15) is 0 Å². The Morgan fingerprint density at radius 2 is 2.00 bits per heavy atom. The molecule has 0 N–H and O–H groups in total. The number of benzene rings is 1. The van der Waals surface area contributed by atoms with E-state index in [1.54, 1.807) is 23.5 Å². The topological polar surface area (TPSA) is 55.7 Å². The lowest BCUT2D eigenvalue weighted by Gasteiger charge is -2.36. The number of hydrogen-bond donors (Lipinski definition) is 0. The third-order valence-electron chi connectivity index (χ3n) is 5.77. The van der Waals surface area contributed by atoms with E-state index in [9.17, 15) is 9.59 Å². The highest BCUT2D eigenvalue weighted by molar-refractivity contribution is 7.10. The lowest BCUT2D eigenvalue weighted by atomic mass is 9.70. The van der Waals surface area contributed by atoms with E-state index in [1.165, 1.54) is 4.88 Å². The normalized spacial score (nSPS) is 23.8. The molecule has 30 heavy (non-hydrogen) atoms.